The van der Waals surface area contributed by atoms with E-state index in [-0.39, 0.29) is 11.8 Å². The Hall–Kier alpha value is -2.82. The number of benzene rings is 2. The zero-order valence-corrected chi connectivity index (χ0v) is 16.9. The van der Waals surface area contributed by atoms with Gasteiger partial charge in [0.05, 0.1) is 13.0 Å². The Morgan fingerprint density at radius 1 is 0.929 bits per heavy atom. The standard InChI is InChI=1S/C23H28N2O3/c1-4-28-21-10-9-20(15-18(21)3)23(27)25-13-11-24(12-14-25)22(26)16-19-8-6-5-7-17(19)2/h5-10,15H,4,11-14,16H2,1-3H3. The van der Waals surface area contributed by atoms with Crippen molar-refractivity contribution in [1.29, 1.82) is 0 Å². The average molecular weight is 380 g/mol. The molecule has 0 aromatic heterocycles. The Morgan fingerprint density at radius 2 is 1.61 bits per heavy atom. The van der Waals surface area contributed by atoms with Gasteiger partial charge in [-0.1, -0.05) is 24.3 Å². The second-order valence-electron chi connectivity index (χ2n) is 7.19. The zero-order valence-electron chi connectivity index (χ0n) is 16.9. The first-order valence-corrected chi connectivity index (χ1v) is 9.84. The normalized spacial score (nSPS) is 14.1. The van der Waals surface area contributed by atoms with Crippen LogP contribution in [0.2, 0.25) is 0 Å². The third-order valence-corrected chi connectivity index (χ3v) is 5.24. The molecule has 5 heteroatoms. The Kier molecular flexibility index (Phi) is 6.34. The maximum absolute atomic E-state index is 12.8. The molecule has 0 unspecified atom stereocenters. The number of aryl methyl sites for hydroxylation is 2. The van der Waals surface area contributed by atoms with Gasteiger partial charge in [0.15, 0.2) is 0 Å². The Morgan fingerprint density at radius 3 is 2.25 bits per heavy atom. The third-order valence-electron chi connectivity index (χ3n) is 5.24. The van der Waals surface area contributed by atoms with E-state index in [4.69, 9.17) is 4.74 Å². The minimum atomic E-state index is 0.0113. The fourth-order valence-electron chi connectivity index (χ4n) is 3.52. The summed E-state index contributed by atoms with van der Waals surface area (Å²) in [5, 5.41) is 0. The number of carbonyl (C=O) groups excluding carboxylic acids is 2. The van der Waals surface area contributed by atoms with Crippen LogP contribution in [0.5, 0.6) is 5.75 Å². The highest BCUT2D eigenvalue weighted by Gasteiger charge is 2.25. The Bertz CT molecular complexity index is 855. The maximum atomic E-state index is 12.8. The number of carbonyl (C=O) groups is 2. The van der Waals surface area contributed by atoms with Gasteiger partial charge in [-0.05, 0) is 55.7 Å². The van der Waals surface area contributed by atoms with Crippen molar-refractivity contribution in [2.75, 3.05) is 32.8 Å². The van der Waals surface area contributed by atoms with Gasteiger partial charge in [0, 0.05) is 31.7 Å². The topological polar surface area (TPSA) is 49.9 Å². The molecule has 0 spiro atoms. The van der Waals surface area contributed by atoms with Crippen molar-refractivity contribution in [1.82, 2.24) is 9.80 Å². The number of nitrogens with zero attached hydrogens (tertiary/aromatic N) is 2. The molecule has 2 aromatic rings. The summed E-state index contributed by atoms with van der Waals surface area (Å²) in [6.45, 7) is 8.79. The molecule has 1 heterocycles. The number of hydrogen-bond donors (Lipinski definition) is 0. The van der Waals surface area contributed by atoms with Crippen molar-refractivity contribution in [2.45, 2.75) is 27.2 Å². The predicted octanol–water partition coefficient (Wildman–Crippen LogP) is 3.23. The average Bonchev–Trinajstić information content (AvgIpc) is 2.71. The lowest BCUT2D eigenvalue weighted by Crippen LogP contribution is -2.51. The second-order valence-corrected chi connectivity index (χ2v) is 7.19. The number of amides is 2. The molecular formula is C23H28N2O3. The Balaban J connectivity index is 1.57. The van der Waals surface area contributed by atoms with Crippen LogP contribution in [0.25, 0.3) is 0 Å². The van der Waals surface area contributed by atoms with E-state index in [1.807, 2.05) is 73.0 Å². The van der Waals surface area contributed by atoms with Crippen molar-refractivity contribution in [3.05, 3.63) is 64.7 Å². The first kappa shape index (κ1) is 19.9. The molecule has 0 bridgehead atoms. The molecule has 1 fully saturated rings. The van der Waals surface area contributed by atoms with E-state index in [0.717, 1.165) is 22.4 Å². The summed E-state index contributed by atoms with van der Waals surface area (Å²) in [6.07, 6.45) is 0.415. The molecule has 1 aliphatic rings. The lowest BCUT2D eigenvalue weighted by atomic mass is 10.0. The SMILES string of the molecule is CCOc1ccc(C(=O)N2CCN(C(=O)Cc3ccccc3C)CC2)cc1C. The van der Waals surface area contributed by atoms with E-state index in [0.29, 0.717) is 44.8 Å². The van der Waals surface area contributed by atoms with Crippen LogP contribution in [-0.4, -0.2) is 54.4 Å². The monoisotopic (exact) mass is 380 g/mol. The molecule has 1 aliphatic heterocycles. The summed E-state index contributed by atoms with van der Waals surface area (Å²) in [5.41, 5.74) is 3.83. The highest BCUT2D eigenvalue weighted by atomic mass is 16.5. The molecule has 28 heavy (non-hydrogen) atoms. The summed E-state index contributed by atoms with van der Waals surface area (Å²) < 4.78 is 5.55. The van der Waals surface area contributed by atoms with Crippen LogP contribution >= 0.6 is 0 Å². The van der Waals surface area contributed by atoms with Crippen molar-refractivity contribution in [3.63, 3.8) is 0 Å². The molecule has 5 nitrogen and oxygen atoms in total. The van der Waals surface area contributed by atoms with Gasteiger partial charge in [0.2, 0.25) is 5.91 Å². The van der Waals surface area contributed by atoms with Gasteiger partial charge in [-0.25, -0.2) is 0 Å². The van der Waals surface area contributed by atoms with E-state index >= 15 is 0 Å². The maximum Gasteiger partial charge on any atom is 0.253 e. The largest absolute Gasteiger partial charge is 0.494 e. The van der Waals surface area contributed by atoms with Gasteiger partial charge in [0.25, 0.3) is 5.91 Å². The van der Waals surface area contributed by atoms with E-state index in [1.165, 1.54) is 0 Å². The van der Waals surface area contributed by atoms with E-state index < -0.39 is 0 Å². The highest BCUT2D eigenvalue weighted by Crippen LogP contribution is 2.20. The third kappa shape index (κ3) is 4.53. The number of hydrogen-bond acceptors (Lipinski definition) is 3. The molecular weight excluding hydrogens is 352 g/mol. The summed E-state index contributed by atoms with van der Waals surface area (Å²) in [4.78, 5) is 29.1. The van der Waals surface area contributed by atoms with Crippen LogP contribution in [0.1, 0.15) is 34.0 Å². The van der Waals surface area contributed by atoms with Crippen molar-refractivity contribution < 1.29 is 14.3 Å². The zero-order chi connectivity index (χ0) is 20.1. The van der Waals surface area contributed by atoms with Gasteiger partial charge < -0.3 is 14.5 Å². The van der Waals surface area contributed by atoms with Gasteiger partial charge in [-0.2, -0.15) is 0 Å². The van der Waals surface area contributed by atoms with Gasteiger partial charge in [-0.15, -0.1) is 0 Å². The van der Waals surface area contributed by atoms with E-state index in [9.17, 15) is 9.59 Å². The van der Waals surface area contributed by atoms with Gasteiger partial charge in [-0.3, -0.25) is 9.59 Å². The molecule has 148 valence electrons. The molecule has 3 rings (SSSR count). The molecule has 0 saturated carbocycles. The van der Waals surface area contributed by atoms with Crippen LogP contribution in [0.15, 0.2) is 42.5 Å². The van der Waals surface area contributed by atoms with Crippen molar-refractivity contribution in [2.24, 2.45) is 0 Å². The van der Waals surface area contributed by atoms with Crippen LogP contribution in [0.3, 0.4) is 0 Å². The molecule has 1 saturated heterocycles. The molecule has 0 radical (unpaired) electrons. The number of ether oxygens (including phenoxy) is 1. The van der Waals surface area contributed by atoms with Crippen molar-refractivity contribution in [3.8, 4) is 5.75 Å². The highest BCUT2D eigenvalue weighted by molar-refractivity contribution is 5.94. The van der Waals surface area contributed by atoms with E-state index in [2.05, 4.69) is 0 Å². The molecule has 0 atom stereocenters. The van der Waals surface area contributed by atoms with Crippen LogP contribution in [0.4, 0.5) is 0 Å². The van der Waals surface area contributed by atoms with E-state index in [1.54, 1.807) is 0 Å². The summed E-state index contributed by atoms with van der Waals surface area (Å²) in [7, 11) is 0. The quantitative estimate of drug-likeness (QED) is 0.800. The lowest BCUT2D eigenvalue weighted by molar-refractivity contribution is -0.131. The van der Waals surface area contributed by atoms with Gasteiger partial charge >= 0.3 is 0 Å². The Labute approximate surface area is 166 Å². The first-order chi connectivity index (χ1) is 13.5. The van der Waals surface area contributed by atoms with Crippen molar-refractivity contribution >= 4 is 11.8 Å². The van der Waals surface area contributed by atoms with Gasteiger partial charge in [0.1, 0.15) is 5.75 Å². The summed E-state index contributed by atoms with van der Waals surface area (Å²) in [5.74, 6) is 0.945. The van der Waals surface area contributed by atoms with Crippen LogP contribution in [0, 0.1) is 13.8 Å². The molecule has 0 aliphatic carbocycles. The predicted molar refractivity (Wildman–Crippen MR) is 110 cm³/mol. The smallest absolute Gasteiger partial charge is 0.253 e. The van der Waals surface area contributed by atoms with Crippen LogP contribution in [-0.2, 0) is 11.2 Å². The second kappa shape index (κ2) is 8.91. The summed E-state index contributed by atoms with van der Waals surface area (Å²) >= 11 is 0. The number of piperazine rings is 1. The lowest BCUT2D eigenvalue weighted by Gasteiger charge is -2.35. The molecule has 0 N–H and O–H groups in total. The fourth-order valence-corrected chi connectivity index (χ4v) is 3.52. The number of rotatable bonds is 5. The summed E-state index contributed by atoms with van der Waals surface area (Å²) in [6, 6.07) is 13.5. The van der Waals surface area contributed by atoms with Crippen LogP contribution < -0.4 is 4.74 Å². The first-order valence-electron chi connectivity index (χ1n) is 9.84. The minimum absolute atomic E-state index is 0.0113. The molecule has 2 amide bonds. The fraction of sp³-hybridized carbons (Fsp3) is 0.391. The minimum Gasteiger partial charge on any atom is -0.494 e. The molecule has 2 aromatic carbocycles.